The van der Waals surface area contributed by atoms with Crippen molar-refractivity contribution in [1.82, 2.24) is 14.5 Å². The Morgan fingerprint density at radius 2 is 1.81 bits per heavy atom. The van der Waals surface area contributed by atoms with Crippen molar-refractivity contribution in [2.24, 2.45) is 0 Å². The number of hydrogen-bond donors (Lipinski definition) is 0. The first-order valence-corrected chi connectivity index (χ1v) is 8.94. The number of rotatable bonds is 4. The second kappa shape index (κ2) is 7.29. The van der Waals surface area contributed by atoms with Crippen molar-refractivity contribution in [3.8, 4) is 0 Å². The number of fused-ring (bicyclic) bond motifs is 1. The fourth-order valence-electron chi connectivity index (χ4n) is 2.53. The van der Waals surface area contributed by atoms with Crippen LogP contribution in [0, 0.1) is 0 Å². The summed E-state index contributed by atoms with van der Waals surface area (Å²) in [7, 11) is 0. The highest BCUT2D eigenvalue weighted by molar-refractivity contribution is 8.14. The Bertz CT molecular complexity index is 946. The van der Waals surface area contributed by atoms with Crippen molar-refractivity contribution in [3.63, 3.8) is 0 Å². The van der Waals surface area contributed by atoms with Gasteiger partial charge in [-0.1, -0.05) is 18.2 Å². The average Bonchev–Trinajstić information content (AvgIpc) is 2.93. The molecule has 0 aliphatic heterocycles. The predicted molar refractivity (Wildman–Crippen MR) is 100 cm³/mol. The minimum Gasteiger partial charge on any atom is -0.459 e. The van der Waals surface area contributed by atoms with Crippen molar-refractivity contribution < 1.29 is 14.3 Å². The molecule has 0 radical (unpaired) electrons. The summed E-state index contributed by atoms with van der Waals surface area (Å²) in [5, 5.41) is 1.02. The quantitative estimate of drug-likeness (QED) is 0.396. The number of nitrogens with zero attached hydrogens (tertiary/aromatic N) is 3. The van der Waals surface area contributed by atoms with E-state index in [2.05, 4.69) is 9.97 Å². The van der Waals surface area contributed by atoms with Gasteiger partial charge in [0.15, 0.2) is 5.16 Å². The van der Waals surface area contributed by atoms with Crippen molar-refractivity contribution in [2.45, 2.75) is 38.1 Å². The number of thioether (sulfide) groups is 1. The second-order valence-corrected chi connectivity index (χ2v) is 7.62. The van der Waals surface area contributed by atoms with E-state index in [-0.39, 0.29) is 11.7 Å². The van der Waals surface area contributed by atoms with Gasteiger partial charge >= 0.3 is 5.97 Å². The van der Waals surface area contributed by atoms with E-state index in [1.165, 1.54) is 0 Å². The molecule has 134 valence electrons. The number of aromatic nitrogens is 3. The van der Waals surface area contributed by atoms with Gasteiger partial charge < -0.3 is 9.30 Å². The largest absolute Gasteiger partial charge is 0.459 e. The first-order valence-electron chi connectivity index (χ1n) is 8.13. The highest BCUT2D eigenvalue weighted by Gasteiger charge is 2.22. The lowest BCUT2D eigenvalue weighted by molar-refractivity contribution is -0.155. The number of carbonyl (C=O) groups excluding carboxylic acids is 2. The predicted octanol–water partition coefficient (Wildman–Crippen LogP) is 3.71. The number of para-hydroxylation sites is 1. The van der Waals surface area contributed by atoms with Crippen LogP contribution in [0.5, 0.6) is 0 Å². The number of hydrogen-bond acceptors (Lipinski definition) is 6. The van der Waals surface area contributed by atoms with E-state index >= 15 is 0 Å². The summed E-state index contributed by atoms with van der Waals surface area (Å²) in [6, 6.07) is 11.0. The lowest BCUT2D eigenvalue weighted by atomic mass is 10.2. The second-order valence-electron chi connectivity index (χ2n) is 6.68. The normalized spacial score (nSPS) is 11.5. The van der Waals surface area contributed by atoms with Crippen LogP contribution in [0.15, 0.2) is 53.9 Å². The number of ether oxygens (including phenoxy) is 1. The molecule has 2 aromatic heterocycles. The van der Waals surface area contributed by atoms with Gasteiger partial charge in [0.2, 0.25) is 5.12 Å². The Morgan fingerprint density at radius 1 is 1.12 bits per heavy atom. The Morgan fingerprint density at radius 3 is 2.50 bits per heavy atom. The molecule has 0 aliphatic rings. The van der Waals surface area contributed by atoms with Crippen LogP contribution < -0.4 is 0 Å². The summed E-state index contributed by atoms with van der Waals surface area (Å²) < 4.78 is 7.09. The molecule has 1 aromatic carbocycles. The van der Waals surface area contributed by atoms with E-state index < -0.39 is 11.6 Å². The van der Waals surface area contributed by atoms with E-state index in [9.17, 15) is 9.59 Å². The Labute approximate surface area is 155 Å². The molecular weight excluding hydrogens is 350 g/mol. The van der Waals surface area contributed by atoms with Crippen molar-refractivity contribution in [3.05, 3.63) is 54.5 Å². The first kappa shape index (κ1) is 18.1. The Kier molecular flexibility index (Phi) is 5.08. The van der Waals surface area contributed by atoms with Crippen LogP contribution >= 0.6 is 11.8 Å². The maximum Gasteiger partial charge on any atom is 0.326 e. The molecule has 0 bridgehead atoms. The average molecular weight is 369 g/mol. The fraction of sp³-hybridized carbons (Fsp3) is 0.263. The Balaban J connectivity index is 1.94. The van der Waals surface area contributed by atoms with E-state index in [1.807, 2.05) is 45.0 Å². The van der Waals surface area contributed by atoms with E-state index in [0.29, 0.717) is 10.9 Å². The molecule has 0 amide bonds. The van der Waals surface area contributed by atoms with Crippen molar-refractivity contribution >= 4 is 33.7 Å². The summed E-state index contributed by atoms with van der Waals surface area (Å²) in [4.78, 5) is 33.2. The van der Waals surface area contributed by atoms with E-state index in [0.717, 1.165) is 22.7 Å². The molecule has 0 saturated heterocycles. The van der Waals surface area contributed by atoms with E-state index in [4.69, 9.17) is 4.74 Å². The molecule has 3 rings (SSSR count). The van der Waals surface area contributed by atoms with Gasteiger partial charge in [-0.05, 0) is 50.7 Å². The third-order valence-corrected chi connectivity index (χ3v) is 4.24. The molecular formula is C19H19N3O3S. The van der Waals surface area contributed by atoms with Gasteiger partial charge in [0.1, 0.15) is 12.1 Å². The van der Waals surface area contributed by atoms with Crippen LogP contribution in [-0.4, -0.2) is 31.2 Å². The SMILES string of the molecule is CC(C)(C)OC(=O)Cn1c(C(=O)Sc2ncccn2)cc2ccccc21. The zero-order valence-electron chi connectivity index (χ0n) is 14.8. The molecule has 0 N–H and O–H groups in total. The molecule has 0 spiro atoms. The highest BCUT2D eigenvalue weighted by atomic mass is 32.2. The Hall–Kier alpha value is -2.67. The van der Waals surface area contributed by atoms with Crippen LogP contribution in [0.1, 0.15) is 31.3 Å². The molecule has 6 nitrogen and oxygen atoms in total. The first-order chi connectivity index (χ1) is 12.3. The number of carbonyl (C=O) groups is 2. The van der Waals surface area contributed by atoms with Gasteiger partial charge in [0.05, 0.1) is 5.69 Å². The maximum atomic E-state index is 12.8. The van der Waals surface area contributed by atoms with E-state index in [1.54, 1.807) is 29.1 Å². The zero-order chi connectivity index (χ0) is 18.7. The van der Waals surface area contributed by atoms with Gasteiger partial charge in [0, 0.05) is 23.3 Å². The number of benzene rings is 1. The van der Waals surface area contributed by atoms with Gasteiger partial charge in [0.25, 0.3) is 0 Å². The van der Waals surface area contributed by atoms with Crippen LogP contribution in [-0.2, 0) is 16.1 Å². The zero-order valence-corrected chi connectivity index (χ0v) is 15.6. The summed E-state index contributed by atoms with van der Waals surface area (Å²) in [5.74, 6) is -0.395. The summed E-state index contributed by atoms with van der Waals surface area (Å²) >= 11 is 0.932. The number of esters is 1. The highest BCUT2D eigenvalue weighted by Crippen LogP contribution is 2.26. The molecule has 0 saturated carbocycles. The van der Waals surface area contributed by atoms with Gasteiger partial charge in [-0.15, -0.1) is 0 Å². The fourth-order valence-corrected chi connectivity index (χ4v) is 3.19. The minimum atomic E-state index is -0.586. The molecule has 0 atom stereocenters. The topological polar surface area (TPSA) is 74.1 Å². The smallest absolute Gasteiger partial charge is 0.326 e. The molecule has 3 aromatic rings. The molecule has 26 heavy (non-hydrogen) atoms. The molecule has 0 fully saturated rings. The third kappa shape index (κ3) is 4.29. The van der Waals surface area contributed by atoms with Crippen LogP contribution in [0.4, 0.5) is 0 Å². The molecule has 7 heteroatoms. The van der Waals surface area contributed by atoms with Gasteiger partial charge in [-0.25, -0.2) is 9.97 Å². The van der Waals surface area contributed by atoms with Crippen LogP contribution in [0.3, 0.4) is 0 Å². The lowest BCUT2D eigenvalue weighted by Crippen LogP contribution is -2.27. The maximum absolute atomic E-state index is 12.8. The summed E-state index contributed by atoms with van der Waals surface area (Å²) in [6.07, 6.45) is 3.16. The van der Waals surface area contributed by atoms with Gasteiger partial charge in [-0.3, -0.25) is 9.59 Å². The van der Waals surface area contributed by atoms with Crippen molar-refractivity contribution in [2.75, 3.05) is 0 Å². The van der Waals surface area contributed by atoms with Crippen molar-refractivity contribution in [1.29, 1.82) is 0 Å². The van der Waals surface area contributed by atoms with Crippen LogP contribution in [0.2, 0.25) is 0 Å². The minimum absolute atomic E-state index is 0.0396. The molecule has 0 unspecified atom stereocenters. The molecule has 0 aliphatic carbocycles. The summed E-state index contributed by atoms with van der Waals surface area (Å²) in [6.45, 7) is 5.40. The standard InChI is InChI=1S/C19H19N3O3S/c1-19(2,3)25-16(23)12-22-14-8-5-4-7-13(14)11-15(22)17(24)26-18-20-9-6-10-21-18/h4-11H,12H2,1-3H3. The summed E-state index contributed by atoms with van der Waals surface area (Å²) in [5.41, 5.74) is 0.627. The molecule has 2 heterocycles. The van der Waals surface area contributed by atoms with Gasteiger partial charge in [-0.2, -0.15) is 0 Å². The van der Waals surface area contributed by atoms with Crippen LogP contribution in [0.25, 0.3) is 10.9 Å². The lowest BCUT2D eigenvalue weighted by Gasteiger charge is -2.20. The third-order valence-electron chi connectivity index (χ3n) is 3.45. The monoisotopic (exact) mass is 369 g/mol.